The van der Waals surface area contributed by atoms with E-state index < -0.39 is 5.97 Å². The fraction of sp³-hybridized carbons (Fsp3) is 0.263. The number of anilines is 1. The monoisotopic (exact) mass is 361 g/mol. The summed E-state index contributed by atoms with van der Waals surface area (Å²) in [5, 5.41) is 3.38. The molecule has 0 aliphatic heterocycles. The van der Waals surface area contributed by atoms with Crippen LogP contribution in [0.3, 0.4) is 0 Å². The summed E-state index contributed by atoms with van der Waals surface area (Å²) in [7, 11) is 1.31. The van der Waals surface area contributed by atoms with Crippen molar-refractivity contribution in [3.8, 4) is 5.75 Å². The molecule has 0 aliphatic rings. The number of halogens is 1. The molecule has 0 aromatic heterocycles. The van der Waals surface area contributed by atoms with E-state index in [2.05, 4.69) is 5.32 Å². The highest BCUT2D eigenvalue weighted by molar-refractivity contribution is 6.30. The Kier molecular flexibility index (Phi) is 6.04. The zero-order chi connectivity index (χ0) is 18.6. The van der Waals surface area contributed by atoms with Crippen LogP contribution >= 0.6 is 11.6 Å². The van der Waals surface area contributed by atoms with Gasteiger partial charge in [0.1, 0.15) is 5.75 Å². The number of hydrogen-bond acceptors (Lipinski definition) is 4. The van der Waals surface area contributed by atoms with E-state index in [4.69, 9.17) is 21.1 Å². The van der Waals surface area contributed by atoms with Crippen LogP contribution in [0.1, 0.15) is 27.0 Å². The van der Waals surface area contributed by atoms with Gasteiger partial charge in [0.05, 0.1) is 12.7 Å². The average molecular weight is 362 g/mol. The zero-order valence-corrected chi connectivity index (χ0v) is 15.4. The summed E-state index contributed by atoms with van der Waals surface area (Å²) in [6.07, 6.45) is 0. The Morgan fingerprint density at radius 1 is 1.04 bits per heavy atom. The third kappa shape index (κ3) is 4.73. The molecule has 0 saturated carbocycles. The van der Waals surface area contributed by atoms with Crippen molar-refractivity contribution in [2.75, 3.05) is 19.0 Å². The van der Waals surface area contributed by atoms with Gasteiger partial charge in [-0.25, -0.2) is 4.79 Å². The predicted molar refractivity (Wildman–Crippen MR) is 97.6 cm³/mol. The highest BCUT2D eigenvalue weighted by atomic mass is 35.5. The van der Waals surface area contributed by atoms with Crippen molar-refractivity contribution in [3.05, 3.63) is 57.6 Å². The molecule has 0 saturated heterocycles. The summed E-state index contributed by atoms with van der Waals surface area (Å²) in [5.41, 5.74) is 3.47. The summed E-state index contributed by atoms with van der Waals surface area (Å²) in [6.45, 7) is 5.43. The van der Waals surface area contributed by atoms with Crippen molar-refractivity contribution >= 4 is 29.2 Å². The molecule has 1 amide bonds. The maximum atomic E-state index is 12.2. The van der Waals surface area contributed by atoms with E-state index in [1.54, 1.807) is 30.3 Å². The Hall–Kier alpha value is -2.53. The number of rotatable bonds is 5. The minimum absolute atomic E-state index is 0.148. The number of esters is 1. The normalized spacial score (nSPS) is 10.3. The van der Waals surface area contributed by atoms with Crippen LogP contribution in [0.4, 0.5) is 5.69 Å². The lowest BCUT2D eigenvalue weighted by molar-refractivity contribution is -0.118. The van der Waals surface area contributed by atoms with Gasteiger partial charge >= 0.3 is 5.97 Å². The molecule has 25 heavy (non-hydrogen) atoms. The first-order valence-corrected chi connectivity index (χ1v) is 8.08. The minimum atomic E-state index is -0.459. The van der Waals surface area contributed by atoms with Crippen LogP contribution in [0.15, 0.2) is 30.3 Å². The van der Waals surface area contributed by atoms with Crippen LogP contribution in [0.2, 0.25) is 5.02 Å². The molecule has 2 aromatic carbocycles. The molecule has 0 fully saturated rings. The molecule has 6 heteroatoms. The lowest BCUT2D eigenvalue weighted by atomic mass is 10.1. The van der Waals surface area contributed by atoms with Gasteiger partial charge in [-0.1, -0.05) is 17.7 Å². The van der Waals surface area contributed by atoms with Gasteiger partial charge in [0.2, 0.25) is 0 Å². The van der Waals surface area contributed by atoms with Gasteiger partial charge in [0.25, 0.3) is 5.91 Å². The first-order valence-electron chi connectivity index (χ1n) is 7.70. The minimum Gasteiger partial charge on any atom is -0.483 e. The molecule has 0 heterocycles. The van der Waals surface area contributed by atoms with Crippen molar-refractivity contribution in [1.82, 2.24) is 0 Å². The Bertz CT molecular complexity index is 794. The quantitative estimate of drug-likeness (QED) is 0.815. The van der Waals surface area contributed by atoms with E-state index in [9.17, 15) is 9.59 Å². The highest BCUT2D eigenvalue weighted by Gasteiger charge is 2.12. The molecule has 1 N–H and O–H groups in total. The SMILES string of the molecule is COC(=O)c1ccc(C)c(NC(=O)COc2c(C)cc(Cl)cc2C)c1. The number of carbonyl (C=O) groups is 2. The van der Waals surface area contributed by atoms with Gasteiger partial charge in [0, 0.05) is 10.7 Å². The second kappa shape index (κ2) is 8.03. The summed E-state index contributed by atoms with van der Waals surface area (Å²) in [5.74, 6) is -0.141. The van der Waals surface area contributed by atoms with Crippen molar-refractivity contribution in [2.45, 2.75) is 20.8 Å². The number of nitrogens with one attached hydrogen (secondary N) is 1. The fourth-order valence-corrected chi connectivity index (χ4v) is 2.78. The maximum absolute atomic E-state index is 12.2. The molecular formula is C19H20ClNO4. The fourth-order valence-electron chi connectivity index (χ4n) is 2.45. The summed E-state index contributed by atoms with van der Waals surface area (Å²) >= 11 is 5.99. The molecule has 0 atom stereocenters. The summed E-state index contributed by atoms with van der Waals surface area (Å²) in [4.78, 5) is 23.8. The first-order chi connectivity index (χ1) is 11.8. The third-order valence-corrected chi connectivity index (χ3v) is 3.92. The van der Waals surface area contributed by atoms with Crippen LogP contribution in [0, 0.1) is 20.8 Å². The van der Waals surface area contributed by atoms with E-state index in [1.807, 2.05) is 20.8 Å². The smallest absolute Gasteiger partial charge is 0.337 e. The van der Waals surface area contributed by atoms with E-state index in [0.29, 0.717) is 22.0 Å². The van der Waals surface area contributed by atoms with Gasteiger partial charge in [-0.2, -0.15) is 0 Å². The summed E-state index contributed by atoms with van der Waals surface area (Å²) < 4.78 is 10.3. The number of benzene rings is 2. The first kappa shape index (κ1) is 18.8. The van der Waals surface area contributed by atoms with Crippen molar-refractivity contribution < 1.29 is 19.1 Å². The van der Waals surface area contributed by atoms with Crippen molar-refractivity contribution in [3.63, 3.8) is 0 Å². The van der Waals surface area contributed by atoms with E-state index in [-0.39, 0.29) is 12.5 Å². The highest BCUT2D eigenvalue weighted by Crippen LogP contribution is 2.27. The van der Waals surface area contributed by atoms with Crippen LogP contribution in [0.5, 0.6) is 5.75 Å². The number of hydrogen-bond donors (Lipinski definition) is 1. The van der Waals surface area contributed by atoms with Gasteiger partial charge in [0.15, 0.2) is 6.61 Å². The topological polar surface area (TPSA) is 64.6 Å². The van der Waals surface area contributed by atoms with Gasteiger partial charge in [-0.05, 0) is 61.7 Å². The molecule has 0 spiro atoms. The molecule has 5 nitrogen and oxygen atoms in total. The van der Waals surface area contributed by atoms with E-state index in [1.165, 1.54) is 7.11 Å². The van der Waals surface area contributed by atoms with Gasteiger partial charge in [-0.3, -0.25) is 4.79 Å². The Labute approximate surface area is 151 Å². The van der Waals surface area contributed by atoms with Crippen LogP contribution < -0.4 is 10.1 Å². The zero-order valence-electron chi connectivity index (χ0n) is 14.6. The molecule has 0 radical (unpaired) electrons. The lowest BCUT2D eigenvalue weighted by Gasteiger charge is -2.14. The van der Waals surface area contributed by atoms with E-state index >= 15 is 0 Å². The number of aryl methyl sites for hydroxylation is 3. The second-order valence-electron chi connectivity index (χ2n) is 5.73. The largest absolute Gasteiger partial charge is 0.483 e. The predicted octanol–water partition coefficient (Wildman–Crippen LogP) is 4.07. The lowest BCUT2D eigenvalue weighted by Crippen LogP contribution is -2.21. The Morgan fingerprint density at radius 3 is 2.28 bits per heavy atom. The standard InChI is InChI=1S/C19H20ClNO4/c1-11-5-6-14(19(23)24-4)9-16(11)21-17(22)10-25-18-12(2)7-15(20)8-13(18)3/h5-9H,10H2,1-4H3,(H,21,22). The third-order valence-electron chi connectivity index (χ3n) is 3.71. The van der Waals surface area contributed by atoms with Gasteiger partial charge < -0.3 is 14.8 Å². The molecule has 0 aliphatic carbocycles. The van der Waals surface area contributed by atoms with Crippen molar-refractivity contribution in [1.29, 1.82) is 0 Å². The molecule has 132 valence electrons. The van der Waals surface area contributed by atoms with Gasteiger partial charge in [-0.15, -0.1) is 0 Å². The number of ether oxygens (including phenoxy) is 2. The Balaban J connectivity index is 2.07. The number of methoxy groups -OCH3 is 1. The Morgan fingerprint density at radius 2 is 1.68 bits per heavy atom. The van der Waals surface area contributed by atoms with Crippen LogP contribution in [0.25, 0.3) is 0 Å². The summed E-state index contributed by atoms with van der Waals surface area (Å²) in [6, 6.07) is 8.54. The van der Waals surface area contributed by atoms with Crippen LogP contribution in [-0.4, -0.2) is 25.6 Å². The maximum Gasteiger partial charge on any atom is 0.337 e. The second-order valence-corrected chi connectivity index (χ2v) is 6.16. The number of amides is 1. The van der Waals surface area contributed by atoms with Crippen LogP contribution in [-0.2, 0) is 9.53 Å². The van der Waals surface area contributed by atoms with Crippen molar-refractivity contribution in [2.24, 2.45) is 0 Å². The molecule has 2 aromatic rings. The molecular weight excluding hydrogens is 342 g/mol. The number of carbonyl (C=O) groups excluding carboxylic acids is 2. The van der Waals surface area contributed by atoms with E-state index in [0.717, 1.165) is 16.7 Å². The molecule has 0 unspecified atom stereocenters. The average Bonchev–Trinajstić information content (AvgIpc) is 2.55. The molecule has 2 rings (SSSR count). The molecule has 0 bridgehead atoms.